The summed E-state index contributed by atoms with van der Waals surface area (Å²) in [6, 6.07) is 0. The Kier molecular flexibility index (Phi) is 4.18. The molecule has 1 heterocycles. The van der Waals surface area contributed by atoms with E-state index in [0.29, 0.717) is 0 Å². The third-order valence-electron chi connectivity index (χ3n) is 2.47. The Bertz CT molecular complexity index is 165. The van der Waals surface area contributed by atoms with Crippen LogP contribution in [0.3, 0.4) is 0 Å². The predicted octanol–water partition coefficient (Wildman–Crippen LogP) is 0.668. The minimum atomic E-state index is -0.502. The number of carbonyl (C=O) groups is 1. The number of hydrogen-bond donors (Lipinski definition) is 1. The van der Waals surface area contributed by atoms with Crippen LogP contribution in [0.15, 0.2) is 0 Å². The monoisotopic (exact) mass is 186 g/mol. The van der Waals surface area contributed by atoms with Crippen LogP contribution in [0.1, 0.15) is 32.6 Å². The van der Waals surface area contributed by atoms with E-state index in [1.54, 1.807) is 6.92 Å². The molecule has 0 aliphatic carbocycles. The number of nitrogens with zero attached hydrogens (tertiary/aromatic N) is 1. The Morgan fingerprint density at radius 3 is 2.31 bits per heavy atom. The van der Waals surface area contributed by atoms with Crippen molar-refractivity contribution in [1.29, 1.82) is 0 Å². The number of hydrogen-bond acceptors (Lipinski definition) is 3. The van der Waals surface area contributed by atoms with Gasteiger partial charge in [0, 0.05) is 13.1 Å². The van der Waals surface area contributed by atoms with Crippen molar-refractivity contribution in [3.05, 3.63) is 0 Å². The van der Waals surface area contributed by atoms with Gasteiger partial charge in [-0.3, -0.25) is 9.63 Å². The van der Waals surface area contributed by atoms with Gasteiger partial charge in [0.1, 0.15) is 0 Å². The molecule has 1 amide bonds. The van der Waals surface area contributed by atoms with Crippen LogP contribution in [0, 0.1) is 0 Å². The molecule has 1 unspecified atom stereocenters. The van der Waals surface area contributed by atoms with E-state index in [4.69, 9.17) is 5.90 Å². The summed E-state index contributed by atoms with van der Waals surface area (Å²) in [6.07, 6.45) is 4.15. The Morgan fingerprint density at radius 2 is 1.85 bits per heavy atom. The highest BCUT2D eigenvalue weighted by Crippen LogP contribution is 2.10. The fourth-order valence-electron chi connectivity index (χ4n) is 1.61. The normalized spacial score (nSPS) is 20.9. The number of likely N-dealkylation sites (tertiary alicyclic amines) is 1. The van der Waals surface area contributed by atoms with Gasteiger partial charge < -0.3 is 4.90 Å². The third kappa shape index (κ3) is 2.97. The average molecular weight is 186 g/mol. The zero-order valence-corrected chi connectivity index (χ0v) is 8.16. The lowest BCUT2D eigenvalue weighted by Gasteiger charge is -2.22. The quantitative estimate of drug-likeness (QED) is 0.645. The summed E-state index contributed by atoms with van der Waals surface area (Å²) in [7, 11) is 0. The molecule has 1 fully saturated rings. The van der Waals surface area contributed by atoms with Crippen LogP contribution >= 0.6 is 0 Å². The van der Waals surface area contributed by atoms with Gasteiger partial charge in [-0.05, 0) is 19.8 Å². The van der Waals surface area contributed by atoms with E-state index in [9.17, 15) is 4.79 Å². The molecule has 0 bridgehead atoms. The Balaban J connectivity index is 2.43. The molecule has 1 saturated heterocycles. The molecule has 1 atom stereocenters. The van der Waals surface area contributed by atoms with E-state index in [1.807, 2.05) is 4.90 Å². The first kappa shape index (κ1) is 10.5. The Hall–Kier alpha value is -0.610. The molecule has 0 aromatic carbocycles. The SMILES string of the molecule is CC(ON)C(=O)N1CCCCCC1. The summed E-state index contributed by atoms with van der Waals surface area (Å²) in [5.74, 6) is 4.99. The molecule has 1 aliphatic rings. The number of rotatable bonds is 2. The molecular weight excluding hydrogens is 168 g/mol. The van der Waals surface area contributed by atoms with Crippen molar-refractivity contribution in [2.24, 2.45) is 5.90 Å². The number of amides is 1. The van der Waals surface area contributed by atoms with Crippen LogP contribution in [0.4, 0.5) is 0 Å². The maximum atomic E-state index is 11.6. The molecule has 0 radical (unpaired) electrons. The highest BCUT2D eigenvalue weighted by Gasteiger charge is 2.21. The molecule has 0 aromatic heterocycles. The molecule has 2 N–H and O–H groups in total. The summed E-state index contributed by atoms with van der Waals surface area (Å²) < 4.78 is 0. The van der Waals surface area contributed by atoms with Crippen molar-refractivity contribution >= 4 is 5.91 Å². The van der Waals surface area contributed by atoms with Crippen LogP contribution in [0.25, 0.3) is 0 Å². The molecule has 0 aromatic rings. The summed E-state index contributed by atoms with van der Waals surface area (Å²) in [5, 5.41) is 0. The maximum Gasteiger partial charge on any atom is 0.253 e. The van der Waals surface area contributed by atoms with E-state index >= 15 is 0 Å². The van der Waals surface area contributed by atoms with Crippen molar-refractivity contribution in [2.75, 3.05) is 13.1 Å². The van der Waals surface area contributed by atoms with E-state index < -0.39 is 6.10 Å². The average Bonchev–Trinajstić information content (AvgIpc) is 2.43. The van der Waals surface area contributed by atoms with E-state index in [0.717, 1.165) is 25.9 Å². The Morgan fingerprint density at radius 1 is 1.31 bits per heavy atom. The highest BCUT2D eigenvalue weighted by atomic mass is 16.6. The number of carbonyl (C=O) groups excluding carboxylic acids is 1. The maximum absolute atomic E-state index is 11.6. The second-order valence-electron chi connectivity index (χ2n) is 3.52. The van der Waals surface area contributed by atoms with Crippen LogP contribution in [-0.4, -0.2) is 30.0 Å². The van der Waals surface area contributed by atoms with Crippen molar-refractivity contribution in [3.63, 3.8) is 0 Å². The molecule has 0 spiro atoms. The molecule has 1 aliphatic heterocycles. The first-order chi connectivity index (χ1) is 6.25. The van der Waals surface area contributed by atoms with Crippen molar-refractivity contribution in [2.45, 2.75) is 38.7 Å². The van der Waals surface area contributed by atoms with Gasteiger partial charge >= 0.3 is 0 Å². The van der Waals surface area contributed by atoms with Gasteiger partial charge in [-0.1, -0.05) is 12.8 Å². The fourth-order valence-corrected chi connectivity index (χ4v) is 1.61. The second kappa shape index (κ2) is 5.19. The largest absolute Gasteiger partial charge is 0.340 e. The van der Waals surface area contributed by atoms with Crippen molar-refractivity contribution in [1.82, 2.24) is 4.90 Å². The van der Waals surface area contributed by atoms with E-state index in [2.05, 4.69) is 4.84 Å². The number of nitrogens with two attached hydrogens (primary N) is 1. The molecular formula is C9H18N2O2. The van der Waals surface area contributed by atoms with Crippen LogP contribution in [0.2, 0.25) is 0 Å². The molecule has 4 nitrogen and oxygen atoms in total. The van der Waals surface area contributed by atoms with Crippen molar-refractivity contribution in [3.8, 4) is 0 Å². The van der Waals surface area contributed by atoms with E-state index in [-0.39, 0.29) is 5.91 Å². The molecule has 13 heavy (non-hydrogen) atoms. The van der Waals surface area contributed by atoms with Crippen molar-refractivity contribution < 1.29 is 9.63 Å². The zero-order chi connectivity index (χ0) is 9.68. The summed E-state index contributed by atoms with van der Waals surface area (Å²) in [5.41, 5.74) is 0. The molecule has 1 rings (SSSR count). The van der Waals surface area contributed by atoms with Gasteiger partial charge in [0.15, 0.2) is 6.10 Å². The lowest BCUT2D eigenvalue weighted by atomic mass is 10.2. The van der Waals surface area contributed by atoms with Gasteiger partial charge in [-0.25, -0.2) is 5.90 Å². The standard InChI is InChI=1S/C9H18N2O2/c1-8(13-10)9(12)11-6-4-2-3-5-7-11/h8H,2-7,10H2,1H3. The first-order valence-electron chi connectivity index (χ1n) is 4.90. The summed E-state index contributed by atoms with van der Waals surface area (Å²) in [4.78, 5) is 18.0. The van der Waals surface area contributed by atoms with Gasteiger partial charge in [-0.2, -0.15) is 0 Å². The van der Waals surface area contributed by atoms with Crippen LogP contribution in [-0.2, 0) is 9.63 Å². The van der Waals surface area contributed by atoms with Gasteiger partial charge in [0.2, 0.25) is 0 Å². The molecule has 0 saturated carbocycles. The van der Waals surface area contributed by atoms with Gasteiger partial charge in [0.25, 0.3) is 5.91 Å². The summed E-state index contributed by atoms with van der Waals surface area (Å²) in [6.45, 7) is 3.40. The molecule has 76 valence electrons. The second-order valence-corrected chi connectivity index (χ2v) is 3.52. The summed E-state index contributed by atoms with van der Waals surface area (Å²) >= 11 is 0. The third-order valence-corrected chi connectivity index (χ3v) is 2.47. The Labute approximate surface area is 79.0 Å². The topological polar surface area (TPSA) is 55.6 Å². The predicted molar refractivity (Wildman–Crippen MR) is 49.8 cm³/mol. The van der Waals surface area contributed by atoms with Gasteiger partial charge in [-0.15, -0.1) is 0 Å². The lowest BCUT2D eigenvalue weighted by Crippen LogP contribution is -2.40. The highest BCUT2D eigenvalue weighted by molar-refractivity contribution is 5.80. The van der Waals surface area contributed by atoms with E-state index in [1.165, 1.54) is 12.8 Å². The first-order valence-corrected chi connectivity index (χ1v) is 4.90. The minimum absolute atomic E-state index is 0.0180. The molecule has 4 heteroatoms. The zero-order valence-electron chi connectivity index (χ0n) is 8.16. The van der Waals surface area contributed by atoms with Crippen LogP contribution in [0.5, 0.6) is 0 Å². The fraction of sp³-hybridized carbons (Fsp3) is 0.889. The minimum Gasteiger partial charge on any atom is -0.340 e. The van der Waals surface area contributed by atoms with Gasteiger partial charge in [0.05, 0.1) is 0 Å². The van der Waals surface area contributed by atoms with Crippen LogP contribution < -0.4 is 5.90 Å². The lowest BCUT2D eigenvalue weighted by molar-refractivity contribution is -0.142. The smallest absolute Gasteiger partial charge is 0.253 e.